The van der Waals surface area contributed by atoms with Crippen molar-refractivity contribution in [3.63, 3.8) is 0 Å². The Balaban J connectivity index is 2.28. The number of hydrogen-bond donors (Lipinski definition) is 2. The van der Waals surface area contributed by atoms with Crippen LogP contribution in [-0.2, 0) is 10.0 Å². The van der Waals surface area contributed by atoms with Gasteiger partial charge in [0, 0.05) is 5.54 Å². The molecule has 0 unspecified atom stereocenters. The van der Waals surface area contributed by atoms with Gasteiger partial charge in [-0.3, -0.25) is 0 Å². The number of aromatic carboxylic acids is 1. The van der Waals surface area contributed by atoms with Crippen molar-refractivity contribution in [2.24, 2.45) is 0 Å². The van der Waals surface area contributed by atoms with Crippen molar-refractivity contribution in [3.8, 4) is 0 Å². The van der Waals surface area contributed by atoms with Crippen LogP contribution in [0.1, 0.15) is 48.7 Å². The fourth-order valence-electron chi connectivity index (χ4n) is 2.45. The number of hydrogen-bond acceptors (Lipinski definition) is 4. The molecule has 0 aromatic carbocycles. The first-order valence-electron chi connectivity index (χ1n) is 6.30. The van der Waals surface area contributed by atoms with Crippen LogP contribution in [0, 0.1) is 0 Å². The molecule has 0 spiro atoms. The third kappa shape index (κ3) is 3.41. The van der Waals surface area contributed by atoms with Crippen molar-refractivity contribution in [1.82, 2.24) is 4.72 Å². The van der Waals surface area contributed by atoms with Crippen LogP contribution in [-0.4, -0.2) is 25.0 Å². The van der Waals surface area contributed by atoms with E-state index in [1.807, 2.05) is 6.92 Å². The molecule has 1 aromatic rings. The first-order valence-corrected chi connectivity index (χ1v) is 9.39. The summed E-state index contributed by atoms with van der Waals surface area (Å²) >= 11 is 4.05. The van der Waals surface area contributed by atoms with Gasteiger partial charge < -0.3 is 5.11 Å². The van der Waals surface area contributed by atoms with Crippen molar-refractivity contribution >= 4 is 43.3 Å². The van der Waals surface area contributed by atoms with Crippen LogP contribution in [0.4, 0.5) is 0 Å². The zero-order valence-electron chi connectivity index (χ0n) is 11.0. The Morgan fingerprint density at radius 2 is 2.00 bits per heavy atom. The minimum Gasteiger partial charge on any atom is -0.477 e. The first kappa shape index (κ1) is 15.9. The van der Waals surface area contributed by atoms with Crippen molar-refractivity contribution < 1.29 is 18.3 Å². The average molecular weight is 382 g/mol. The SMILES string of the molecule is CC1(NS(=O)(=O)c2cc(C(=O)O)sc2Br)CCCCC1. The van der Waals surface area contributed by atoms with Crippen LogP contribution in [0.3, 0.4) is 0 Å². The number of carbonyl (C=O) groups is 1. The molecule has 2 rings (SSSR count). The minimum atomic E-state index is -3.71. The largest absolute Gasteiger partial charge is 0.477 e. The number of rotatable bonds is 4. The summed E-state index contributed by atoms with van der Waals surface area (Å²) in [6.07, 6.45) is 4.75. The monoisotopic (exact) mass is 381 g/mol. The van der Waals surface area contributed by atoms with E-state index >= 15 is 0 Å². The molecule has 1 aliphatic carbocycles. The first-order chi connectivity index (χ1) is 9.23. The third-order valence-corrected chi connectivity index (χ3v) is 7.37. The lowest BCUT2D eigenvalue weighted by molar-refractivity contribution is 0.0702. The zero-order valence-corrected chi connectivity index (χ0v) is 14.2. The van der Waals surface area contributed by atoms with Gasteiger partial charge in [-0.2, -0.15) is 0 Å². The second kappa shape index (κ2) is 5.75. The van der Waals surface area contributed by atoms with Gasteiger partial charge in [0.15, 0.2) is 0 Å². The highest BCUT2D eigenvalue weighted by Crippen LogP contribution is 2.34. The van der Waals surface area contributed by atoms with E-state index in [9.17, 15) is 13.2 Å². The Hall–Kier alpha value is -0.440. The van der Waals surface area contributed by atoms with Crippen molar-refractivity contribution in [3.05, 3.63) is 14.7 Å². The van der Waals surface area contributed by atoms with Gasteiger partial charge in [0.1, 0.15) is 9.77 Å². The molecule has 0 radical (unpaired) electrons. The standard InChI is InChI=1S/C12H16BrNO4S2/c1-12(5-3-2-4-6-12)14-20(17,18)9-7-8(11(15)16)19-10(9)13/h7,14H,2-6H2,1H3,(H,15,16). The maximum atomic E-state index is 12.4. The number of carboxylic acid groups (broad SMARTS) is 1. The third-order valence-electron chi connectivity index (χ3n) is 3.49. The lowest BCUT2D eigenvalue weighted by Gasteiger charge is -2.34. The maximum absolute atomic E-state index is 12.4. The van der Waals surface area contributed by atoms with Gasteiger partial charge in [-0.15, -0.1) is 11.3 Å². The Kier molecular flexibility index (Phi) is 4.58. The summed E-state index contributed by atoms with van der Waals surface area (Å²) in [5.74, 6) is -1.12. The van der Waals surface area contributed by atoms with E-state index in [2.05, 4.69) is 20.7 Å². The number of thiophene rings is 1. The van der Waals surface area contributed by atoms with Gasteiger partial charge in [0.25, 0.3) is 0 Å². The average Bonchev–Trinajstić information content (AvgIpc) is 2.72. The molecule has 0 aliphatic heterocycles. The van der Waals surface area contributed by atoms with Gasteiger partial charge in [-0.05, 0) is 41.8 Å². The van der Waals surface area contributed by atoms with Gasteiger partial charge in [0.05, 0.1) is 3.79 Å². The lowest BCUT2D eigenvalue weighted by Crippen LogP contribution is -2.47. The summed E-state index contributed by atoms with van der Waals surface area (Å²) in [6, 6.07) is 1.20. The highest BCUT2D eigenvalue weighted by atomic mass is 79.9. The smallest absolute Gasteiger partial charge is 0.345 e. The van der Waals surface area contributed by atoms with Crippen molar-refractivity contribution in [2.45, 2.75) is 49.5 Å². The van der Waals surface area contributed by atoms with E-state index in [4.69, 9.17) is 5.11 Å². The van der Waals surface area contributed by atoms with E-state index in [-0.39, 0.29) is 9.77 Å². The van der Waals surface area contributed by atoms with Crippen LogP contribution in [0.25, 0.3) is 0 Å². The highest BCUT2D eigenvalue weighted by Gasteiger charge is 2.33. The van der Waals surface area contributed by atoms with E-state index in [0.29, 0.717) is 3.79 Å². The predicted molar refractivity (Wildman–Crippen MR) is 80.8 cm³/mol. The fraction of sp³-hybridized carbons (Fsp3) is 0.583. The van der Waals surface area contributed by atoms with Crippen LogP contribution < -0.4 is 4.72 Å². The molecule has 1 fully saturated rings. The van der Waals surface area contributed by atoms with E-state index in [1.54, 1.807) is 0 Å². The second-order valence-corrected chi connectivity index (χ2v) is 9.30. The molecule has 5 nitrogen and oxygen atoms in total. The molecule has 1 aromatic heterocycles. The molecule has 0 saturated heterocycles. The fourth-order valence-corrected chi connectivity index (χ4v) is 6.32. The molecule has 8 heteroatoms. The summed E-state index contributed by atoms with van der Waals surface area (Å²) in [7, 11) is -3.71. The number of sulfonamides is 1. The lowest BCUT2D eigenvalue weighted by atomic mass is 9.84. The van der Waals surface area contributed by atoms with Crippen LogP contribution >= 0.6 is 27.3 Å². The molecule has 1 heterocycles. The molecular formula is C12H16BrNO4S2. The summed E-state index contributed by atoms with van der Waals surface area (Å²) in [5, 5.41) is 8.93. The van der Waals surface area contributed by atoms with Gasteiger partial charge in [-0.1, -0.05) is 19.3 Å². The van der Waals surface area contributed by atoms with E-state index < -0.39 is 21.5 Å². The van der Waals surface area contributed by atoms with Crippen LogP contribution in [0.2, 0.25) is 0 Å². The highest BCUT2D eigenvalue weighted by molar-refractivity contribution is 9.11. The Morgan fingerprint density at radius 1 is 1.40 bits per heavy atom. The van der Waals surface area contributed by atoms with Crippen molar-refractivity contribution in [2.75, 3.05) is 0 Å². The predicted octanol–water partition coefficient (Wildman–Crippen LogP) is 3.21. The Morgan fingerprint density at radius 3 is 2.50 bits per heavy atom. The molecule has 2 N–H and O–H groups in total. The van der Waals surface area contributed by atoms with Crippen molar-refractivity contribution in [1.29, 1.82) is 0 Å². The molecule has 0 bridgehead atoms. The summed E-state index contributed by atoms with van der Waals surface area (Å²) in [5.41, 5.74) is -0.443. The van der Waals surface area contributed by atoms with E-state index in [0.717, 1.165) is 43.4 Å². The number of carboxylic acids is 1. The maximum Gasteiger partial charge on any atom is 0.345 e. The molecule has 0 amide bonds. The zero-order chi connectivity index (χ0) is 15.0. The molecule has 112 valence electrons. The number of halogens is 1. The summed E-state index contributed by atoms with van der Waals surface area (Å²) < 4.78 is 27.9. The van der Waals surface area contributed by atoms with Gasteiger partial charge in [0.2, 0.25) is 10.0 Å². The Labute approximate surface area is 130 Å². The summed E-state index contributed by atoms with van der Waals surface area (Å²) in [6.45, 7) is 1.90. The number of nitrogens with one attached hydrogen (secondary N) is 1. The molecule has 0 atom stereocenters. The van der Waals surface area contributed by atoms with Gasteiger partial charge in [-0.25, -0.2) is 17.9 Å². The van der Waals surface area contributed by atoms with Crippen LogP contribution in [0.5, 0.6) is 0 Å². The Bertz CT molecular complexity index is 617. The molecule has 20 heavy (non-hydrogen) atoms. The minimum absolute atomic E-state index is 0.00560. The second-order valence-electron chi connectivity index (χ2n) is 5.28. The van der Waals surface area contributed by atoms with E-state index in [1.165, 1.54) is 6.07 Å². The normalized spacial score (nSPS) is 18.9. The topological polar surface area (TPSA) is 83.5 Å². The summed E-state index contributed by atoms with van der Waals surface area (Å²) in [4.78, 5) is 10.9. The van der Waals surface area contributed by atoms with Gasteiger partial charge >= 0.3 is 5.97 Å². The molecule has 1 aliphatic rings. The van der Waals surface area contributed by atoms with Crippen LogP contribution in [0.15, 0.2) is 14.7 Å². The quantitative estimate of drug-likeness (QED) is 0.838. The molecule has 1 saturated carbocycles. The molecular weight excluding hydrogens is 366 g/mol.